The SMILES string of the molecule is CC(C)(C)OC(=O)n1nc(NC(=O)c2ccc(CCN3CCN(Cc4ccc(NC5CCC(=O)NC5=O)cc4)CC3)cc2)c2cc(Cc3cc(F)cc(F)c3)ccc21. The van der Waals surface area contributed by atoms with Gasteiger partial charge in [-0.3, -0.25) is 24.6 Å². The van der Waals surface area contributed by atoms with Gasteiger partial charge in [0.25, 0.3) is 5.91 Å². The highest BCUT2D eigenvalue weighted by atomic mass is 19.1. The van der Waals surface area contributed by atoms with Crippen molar-refractivity contribution < 1.29 is 32.7 Å². The van der Waals surface area contributed by atoms with Crippen molar-refractivity contribution in [1.82, 2.24) is 24.9 Å². The van der Waals surface area contributed by atoms with E-state index in [9.17, 15) is 28.0 Å². The molecule has 0 spiro atoms. The van der Waals surface area contributed by atoms with E-state index in [1.165, 1.54) is 17.7 Å². The molecule has 2 aliphatic heterocycles. The van der Waals surface area contributed by atoms with Crippen molar-refractivity contribution in [3.8, 4) is 0 Å². The lowest BCUT2D eigenvalue weighted by Crippen LogP contribution is -2.47. The Bertz CT molecular complexity index is 2290. The number of anilines is 2. The smallest absolute Gasteiger partial charge is 0.435 e. The van der Waals surface area contributed by atoms with E-state index in [1.54, 1.807) is 51.1 Å². The summed E-state index contributed by atoms with van der Waals surface area (Å²) < 4.78 is 34.5. The first-order valence-corrected chi connectivity index (χ1v) is 19.5. The number of carbonyl (C=O) groups excluding carboxylic acids is 4. The van der Waals surface area contributed by atoms with Crippen LogP contribution in [0.5, 0.6) is 0 Å². The highest BCUT2D eigenvalue weighted by Crippen LogP contribution is 2.28. The maximum atomic E-state index is 13.9. The van der Waals surface area contributed by atoms with Crippen molar-refractivity contribution in [3.63, 3.8) is 0 Å². The van der Waals surface area contributed by atoms with Gasteiger partial charge >= 0.3 is 6.09 Å². The van der Waals surface area contributed by atoms with Gasteiger partial charge in [-0.05, 0) is 111 Å². The molecule has 0 bridgehead atoms. The number of imide groups is 1. The molecule has 2 fully saturated rings. The highest BCUT2D eigenvalue weighted by Gasteiger charge is 2.27. The van der Waals surface area contributed by atoms with E-state index in [2.05, 4.69) is 43.0 Å². The van der Waals surface area contributed by atoms with Crippen LogP contribution in [0.4, 0.5) is 25.1 Å². The number of piperazine rings is 1. The largest absolute Gasteiger partial charge is 0.442 e. The molecule has 58 heavy (non-hydrogen) atoms. The second-order valence-corrected chi connectivity index (χ2v) is 15.9. The number of rotatable bonds is 11. The molecule has 1 aromatic heterocycles. The number of nitrogens with one attached hydrogen (secondary N) is 3. The summed E-state index contributed by atoms with van der Waals surface area (Å²) in [6.07, 6.45) is 1.16. The lowest BCUT2D eigenvalue weighted by atomic mass is 10.0. The zero-order valence-corrected chi connectivity index (χ0v) is 32.8. The number of benzene rings is 4. The topological polar surface area (TPSA) is 138 Å². The molecule has 2 aliphatic rings. The summed E-state index contributed by atoms with van der Waals surface area (Å²) in [5.41, 5.74) is 4.33. The first-order chi connectivity index (χ1) is 27.7. The molecule has 5 aromatic rings. The van der Waals surface area contributed by atoms with Crippen LogP contribution in [0.1, 0.15) is 66.2 Å². The Morgan fingerprint density at radius 1 is 0.828 bits per heavy atom. The van der Waals surface area contributed by atoms with Crippen LogP contribution in [0.15, 0.2) is 84.9 Å². The van der Waals surface area contributed by atoms with Gasteiger partial charge in [0, 0.05) is 68.4 Å². The number of hydrogen-bond donors (Lipinski definition) is 3. The van der Waals surface area contributed by atoms with Crippen LogP contribution >= 0.6 is 0 Å². The molecule has 1 atom stereocenters. The van der Waals surface area contributed by atoms with E-state index in [0.29, 0.717) is 40.4 Å². The summed E-state index contributed by atoms with van der Waals surface area (Å²) in [5, 5.41) is 13.4. The molecule has 14 heteroatoms. The van der Waals surface area contributed by atoms with E-state index in [1.807, 2.05) is 24.3 Å². The van der Waals surface area contributed by atoms with Gasteiger partial charge in [-0.1, -0.05) is 30.3 Å². The molecule has 302 valence electrons. The molecule has 0 aliphatic carbocycles. The van der Waals surface area contributed by atoms with Gasteiger partial charge in [-0.2, -0.15) is 4.68 Å². The van der Waals surface area contributed by atoms with Crippen LogP contribution in [-0.4, -0.2) is 87.8 Å². The molecule has 1 unspecified atom stereocenters. The van der Waals surface area contributed by atoms with Crippen LogP contribution in [0, 0.1) is 11.6 Å². The van der Waals surface area contributed by atoms with Crippen LogP contribution < -0.4 is 16.0 Å². The lowest BCUT2D eigenvalue weighted by molar-refractivity contribution is -0.133. The number of aromatic nitrogens is 2. The Morgan fingerprint density at radius 2 is 1.48 bits per heavy atom. The van der Waals surface area contributed by atoms with Gasteiger partial charge < -0.3 is 20.3 Å². The lowest BCUT2D eigenvalue weighted by Gasteiger charge is -2.34. The minimum Gasteiger partial charge on any atom is -0.442 e. The number of carbonyl (C=O) groups is 4. The monoisotopic (exact) mass is 791 g/mol. The number of nitrogens with zero attached hydrogens (tertiary/aromatic N) is 4. The Labute approximate surface area is 335 Å². The fourth-order valence-electron chi connectivity index (χ4n) is 7.22. The summed E-state index contributed by atoms with van der Waals surface area (Å²) in [6, 6.07) is 23.6. The molecular formula is C44H47F2N7O5. The van der Waals surface area contributed by atoms with E-state index in [4.69, 9.17) is 4.74 Å². The van der Waals surface area contributed by atoms with Gasteiger partial charge in [-0.25, -0.2) is 13.6 Å². The summed E-state index contributed by atoms with van der Waals surface area (Å²) in [5.74, 6) is -2.11. The summed E-state index contributed by atoms with van der Waals surface area (Å²) >= 11 is 0. The van der Waals surface area contributed by atoms with E-state index in [0.717, 1.165) is 67.7 Å². The van der Waals surface area contributed by atoms with Gasteiger partial charge in [0.1, 0.15) is 23.3 Å². The van der Waals surface area contributed by atoms with E-state index < -0.39 is 35.3 Å². The van der Waals surface area contributed by atoms with Crippen molar-refractivity contribution in [2.24, 2.45) is 0 Å². The number of ether oxygens (including phenoxy) is 1. The van der Waals surface area contributed by atoms with Crippen LogP contribution in [0.25, 0.3) is 10.9 Å². The predicted molar refractivity (Wildman–Crippen MR) is 217 cm³/mol. The molecule has 7 rings (SSSR count). The first kappa shape index (κ1) is 40.2. The summed E-state index contributed by atoms with van der Waals surface area (Å²) in [7, 11) is 0. The number of fused-ring (bicyclic) bond motifs is 1. The minimum atomic E-state index is -0.785. The zero-order chi connectivity index (χ0) is 41.0. The second kappa shape index (κ2) is 17.2. The van der Waals surface area contributed by atoms with Crippen LogP contribution in [0.2, 0.25) is 0 Å². The number of halogens is 2. The normalized spacial score (nSPS) is 16.6. The molecule has 0 saturated carbocycles. The van der Waals surface area contributed by atoms with Crippen molar-refractivity contribution in [1.29, 1.82) is 0 Å². The molecule has 12 nitrogen and oxygen atoms in total. The Balaban J connectivity index is 0.924. The Morgan fingerprint density at radius 3 is 2.16 bits per heavy atom. The predicted octanol–water partition coefficient (Wildman–Crippen LogP) is 6.52. The third-order valence-electron chi connectivity index (χ3n) is 10.2. The third kappa shape index (κ3) is 10.3. The fourth-order valence-corrected chi connectivity index (χ4v) is 7.22. The van der Waals surface area contributed by atoms with E-state index in [-0.39, 0.29) is 24.1 Å². The van der Waals surface area contributed by atoms with Crippen molar-refractivity contribution in [2.75, 3.05) is 43.4 Å². The quantitative estimate of drug-likeness (QED) is 0.128. The van der Waals surface area contributed by atoms with Gasteiger partial charge in [-0.15, -0.1) is 5.10 Å². The zero-order valence-electron chi connectivity index (χ0n) is 32.8. The molecule has 3 amide bonds. The molecular weight excluding hydrogens is 745 g/mol. The molecule has 4 aromatic carbocycles. The molecule has 2 saturated heterocycles. The fraction of sp³-hybridized carbons (Fsp3) is 0.341. The van der Waals surface area contributed by atoms with Crippen molar-refractivity contribution in [2.45, 2.75) is 64.6 Å². The molecule has 0 radical (unpaired) electrons. The van der Waals surface area contributed by atoms with Crippen molar-refractivity contribution in [3.05, 3.63) is 124 Å². The Kier molecular flexibility index (Phi) is 12.0. The molecule has 3 N–H and O–H groups in total. The van der Waals surface area contributed by atoms with Gasteiger partial charge in [0.2, 0.25) is 11.8 Å². The number of piperidine rings is 1. The summed E-state index contributed by atoms with van der Waals surface area (Å²) in [6.45, 7) is 10.7. The minimum absolute atomic E-state index is 0.153. The Hall–Kier alpha value is -5.99. The van der Waals surface area contributed by atoms with Gasteiger partial charge in [0.15, 0.2) is 5.82 Å². The molecule has 3 heterocycles. The van der Waals surface area contributed by atoms with Crippen LogP contribution in [-0.2, 0) is 33.7 Å². The van der Waals surface area contributed by atoms with Crippen LogP contribution in [0.3, 0.4) is 0 Å². The average Bonchev–Trinajstić information content (AvgIpc) is 3.53. The first-order valence-electron chi connectivity index (χ1n) is 19.5. The van der Waals surface area contributed by atoms with Gasteiger partial charge in [0.05, 0.1) is 5.52 Å². The third-order valence-corrected chi connectivity index (χ3v) is 10.2. The average molecular weight is 792 g/mol. The highest BCUT2D eigenvalue weighted by molar-refractivity contribution is 6.09. The second-order valence-electron chi connectivity index (χ2n) is 15.9. The number of hydrogen-bond acceptors (Lipinski definition) is 9. The van der Waals surface area contributed by atoms with E-state index >= 15 is 0 Å². The number of amides is 3. The van der Waals surface area contributed by atoms with Crippen molar-refractivity contribution >= 4 is 46.2 Å². The standard InChI is InChI=1S/C44H47F2N7O5/c1-44(2,3)58-43(57)53-38-14-8-30(22-31-23-33(45)26-34(46)24-31)25-36(38)40(50-53)49-41(55)32-9-4-28(5-10-32)16-17-51-18-20-52(21-19-51)27-29-6-11-35(12-7-29)47-37-13-15-39(54)48-42(37)56/h4-12,14,23-26,37,47H,13,15-22,27H2,1-3H3,(H,48,54,56)(H,49,50,55). The maximum Gasteiger partial charge on any atom is 0.435 e. The summed E-state index contributed by atoms with van der Waals surface area (Å²) in [4.78, 5) is 55.0. The maximum absolute atomic E-state index is 13.9.